The Balaban J connectivity index is 2.06. The zero-order chi connectivity index (χ0) is 15.4. The fourth-order valence-electron chi connectivity index (χ4n) is 3.04. The molecule has 110 valence electrons. The molecule has 0 saturated carbocycles. The van der Waals surface area contributed by atoms with Crippen molar-refractivity contribution in [2.75, 3.05) is 0 Å². The third kappa shape index (κ3) is 1.71. The summed E-state index contributed by atoms with van der Waals surface area (Å²) in [6, 6.07) is 9.79. The van der Waals surface area contributed by atoms with E-state index in [-0.39, 0.29) is 0 Å². The van der Waals surface area contributed by atoms with Gasteiger partial charge in [0.2, 0.25) is 0 Å². The minimum atomic E-state index is 0.696. The fraction of sp³-hybridized carbons (Fsp3) is 0. The van der Waals surface area contributed by atoms with Crippen LogP contribution in [-0.4, -0.2) is 23.9 Å². The maximum atomic E-state index is 6.20. The van der Waals surface area contributed by atoms with Crippen LogP contribution in [-0.2, 0) is 0 Å². The molecule has 5 aromatic rings. The van der Waals surface area contributed by atoms with Gasteiger partial charge in [0.1, 0.15) is 5.52 Å². The van der Waals surface area contributed by atoms with Gasteiger partial charge in [-0.2, -0.15) is 0 Å². The van der Waals surface area contributed by atoms with Crippen molar-refractivity contribution in [3.05, 3.63) is 66.3 Å². The molecule has 4 heterocycles. The van der Waals surface area contributed by atoms with Gasteiger partial charge in [-0.1, -0.05) is 17.7 Å². The van der Waals surface area contributed by atoms with Crippen LogP contribution in [0, 0.1) is 0 Å². The van der Waals surface area contributed by atoms with E-state index in [0.717, 1.165) is 33.4 Å². The van der Waals surface area contributed by atoms with E-state index in [9.17, 15) is 0 Å². The van der Waals surface area contributed by atoms with Crippen LogP contribution < -0.4 is 0 Å². The Hall–Kier alpha value is -2.92. The third-order valence-corrected chi connectivity index (χ3v) is 4.21. The van der Waals surface area contributed by atoms with Crippen molar-refractivity contribution in [1.82, 2.24) is 23.9 Å². The first-order chi connectivity index (χ1) is 11.3. The lowest BCUT2D eigenvalue weighted by Gasteiger charge is -2.08. The number of nitrogens with zero attached hydrogens (tertiary/aromatic N) is 5. The number of fused-ring (bicyclic) bond motifs is 5. The van der Waals surface area contributed by atoms with Gasteiger partial charge in [-0.3, -0.25) is 18.9 Å². The maximum Gasteiger partial charge on any atom is 0.157 e. The van der Waals surface area contributed by atoms with E-state index in [1.165, 1.54) is 0 Å². The largest absolute Gasteiger partial charge is 0.293 e. The molecule has 0 amide bonds. The van der Waals surface area contributed by atoms with Gasteiger partial charge in [0.25, 0.3) is 0 Å². The van der Waals surface area contributed by atoms with Crippen LogP contribution in [0.3, 0.4) is 0 Å². The lowest BCUT2D eigenvalue weighted by atomic mass is 10.3. The Morgan fingerprint density at radius 2 is 1.91 bits per heavy atom. The van der Waals surface area contributed by atoms with E-state index in [1.807, 2.05) is 47.1 Å². The summed E-state index contributed by atoms with van der Waals surface area (Å²) >= 11 is 6.20. The lowest BCUT2D eigenvalue weighted by Crippen LogP contribution is -1.97. The highest BCUT2D eigenvalue weighted by atomic mass is 35.5. The van der Waals surface area contributed by atoms with E-state index >= 15 is 0 Å². The first-order valence-electron chi connectivity index (χ1n) is 7.15. The summed E-state index contributed by atoms with van der Waals surface area (Å²) in [4.78, 5) is 13.1. The van der Waals surface area contributed by atoms with Crippen molar-refractivity contribution in [2.45, 2.75) is 0 Å². The van der Waals surface area contributed by atoms with Gasteiger partial charge in [-0.25, -0.2) is 4.98 Å². The molecule has 0 saturated heterocycles. The molecule has 0 spiro atoms. The summed E-state index contributed by atoms with van der Waals surface area (Å²) in [6.45, 7) is 0. The van der Waals surface area contributed by atoms with Gasteiger partial charge in [0.15, 0.2) is 11.3 Å². The number of hydrogen-bond donors (Lipinski definition) is 0. The van der Waals surface area contributed by atoms with Crippen LogP contribution in [0.1, 0.15) is 0 Å². The SMILES string of the molecule is Clc1cccc(-n2c3ccncc3c3nc4cnccn4c32)c1. The molecule has 0 atom stereocenters. The summed E-state index contributed by atoms with van der Waals surface area (Å²) < 4.78 is 4.18. The summed E-state index contributed by atoms with van der Waals surface area (Å²) in [5, 5.41) is 1.70. The molecule has 23 heavy (non-hydrogen) atoms. The lowest BCUT2D eigenvalue weighted by molar-refractivity contribution is 1.07. The van der Waals surface area contributed by atoms with Crippen molar-refractivity contribution in [3.63, 3.8) is 0 Å². The van der Waals surface area contributed by atoms with Gasteiger partial charge < -0.3 is 0 Å². The molecule has 5 rings (SSSR count). The van der Waals surface area contributed by atoms with Gasteiger partial charge in [0.05, 0.1) is 11.7 Å². The zero-order valence-electron chi connectivity index (χ0n) is 11.9. The highest BCUT2D eigenvalue weighted by Gasteiger charge is 2.17. The molecule has 0 bridgehead atoms. The molecular weight excluding hydrogens is 310 g/mol. The normalized spacial score (nSPS) is 11.7. The van der Waals surface area contributed by atoms with Crippen LogP contribution in [0.5, 0.6) is 0 Å². The molecule has 0 fully saturated rings. The number of benzene rings is 1. The van der Waals surface area contributed by atoms with Crippen LogP contribution in [0.2, 0.25) is 5.02 Å². The minimum absolute atomic E-state index is 0.696. The molecule has 4 aromatic heterocycles. The third-order valence-electron chi connectivity index (χ3n) is 3.98. The molecule has 5 nitrogen and oxygen atoms in total. The van der Waals surface area contributed by atoms with Crippen molar-refractivity contribution in [3.8, 4) is 5.69 Å². The Morgan fingerprint density at radius 3 is 2.83 bits per heavy atom. The Labute approximate surface area is 135 Å². The van der Waals surface area contributed by atoms with Crippen LogP contribution >= 0.6 is 11.6 Å². The fourth-order valence-corrected chi connectivity index (χ4v) is 3.23. The summed E-state index contributed by atoms with van der Waals surface area (Å²) in [5.41, 5.74) is 4.72. The van der Waals surface area contributed by atoms with Gasteiger partial charge >= 0.3 is 0 Å². The Morgan fingerprint density at radius 1 is 1.00 bits per heavy atom. The van der Waals surface area contributed by atoms with Gasteiger partial charge in [-0.15, -0.1) is 0 Å². The quantitative estimate of drug-likeness (QED) is 0.471. The molecular formula is C17H10ClN5. The van der Waals surface area contributed by atoms with Crippen molar-refractivity contribution in [2.24, 2.45) is 0 Å². The molecule has 0 aliphatic heterocycles. The smallest absolute Gasteiger partial charge is 0.157 e. The van der Waals surface area contributed by atoms with E-state index in [0.29, 0.717) is 5.02 Å². The second-order valence-electron chi connectivity index (χ2n) is 5.30. The topological polar surface area (TPSA) is 48.0 Å². The summed E-state index contributed by atoms with van der Waals surface area (Å²) in [6.07, 6.45) is 9.06. The summed E-state index contributed by atoms with van der Waals surface area (Å²) in [5.74, 6) is 0. The van der Waals surface area contributed by atoms with Crippen LogP contribution in [0.25, 0.3) is 33.4 Å². The van der Waals surface area contributed by atoms with Gasteiger partial charge in [-0.05, 0) is 24.3 Å². The standard InChI is InChI=1S/C17H10ClN5/c18-11-2-1-3-12(8-11)23-14-4-5-19-9-13(14)16-17(23)22-7-6-20-10-15(22)21-16/h1-10H. The van der Waals surface area contributed by atoms with E-state index in [2.05, 4.69) is 14.5 Å². The number of pyridine rings is 1. The number of hydrogen-bond acceptors (Lipinski definition) is 3. The van der Waals surface area contributed by atoms with Crippen LogP contribution in [0.4, 0.5) is 0 Å². The maximum absolute atomic E-state index is 6.20. The first-order valence-corrected chi connectivity index (χ1v) is 7.53. The predicted octanol–water partition coefficient (Wildman–Crippen LogP) is 3.87. The van der Waals surface area contributed by atoms with Crippen LogP contribution in [0.15, 0.2) is 61.3 Å². The Bertz CT molecular complexity index is 1180. The first kappa shape index (κ1) is 12.6. The van der Waals surface area contributed by atoms with E-state index < -0.39 is 0 Å². The molecule has 0 radical (unpaired) electrons. The number of halogens is 1. The monoisotopic (exact) mass is 319 g/mol. The van der Waals surface area contributed by atoms with Crippen molar-refractivity contribution >= 4 is 39.3 Å². The van der Waals surface area contributed by atoms with Gasteiger partial charge in [0, 0.05) is 40.9 Å². The zero-order valence-corrected chi connectivity index (χ0v) is 12.6. The predicted molar refractivity (Wildman–Crippen MR) is 90.1 cm³/mol. The van der Waals surface area contributed by atoms with Crippen molar-refractivity contribution < 1.29 is 0 Å². The minimum Gasteiger partial charge on any atom is -0.293 e. The molecule has 6 heteroatoms. The Kier molecular flexibility index (Phi) is 2.49. The number of imidazole rings is 1. The second kappa shape index (κ2) is 4.54. The molecule has 0 N–H and O–H groups in total. The van der Waals surface area contributed by atoms with E-state index in [1.54, 1.807) is 18.6 Å². The average molecular weight is 320 g/mol. The second-order valence-corrected chi connectivity index (χ2v) is 5.73. The summed E-state index contributed by atoms with van der Waals surface area (Å²) in [7, 11) is 0. The number of aromatic nitrogens is 5. The highest BCUT2D eigenvalue weighted by molar-refractivity contribution is 6.30. The van der Waals surface area contributed by atoms with Crippen molar-refractivity contribution in [1.29, 1.82) is 0 Å². The number of rotatable bonds is 1. The molecule has 1 aromatic carbocycles. The average Bonchev–Trinajstić information content (AvgIpc) is 3.09. The molecule has 0 aliphatic carbocycles. The highest BCUT2D eigenvalue weighted by Crippen LogP contribution is 2.32. The molecule has 0 unspecified atom stereocenters. The van der Waals surface area contributed by atoms with E-state index in [4.69, 9.17) is 16.6 Å². The molecule has 0 aliphatic rings.